The van der Waals surface area contributed by atoms with E-state index in [0.29, 0.717) is 4.24 Å². The number of carbonyl (C=O) groups is 3. The van der Waals surface area contributed by atoms with Crippen molar-refractivity contribution in [1.29, 1.82) is 0 Å². The van der Waals surface area contributed by atoms with E-state index in [1.54, 1.807) is 0 Å². The predicted molar refractivity (Wildman–Crippen MR) is 69.7 cm³/mol. The van der Waals surface area contributed by atoms with Crippen molar-refractivity contribution in [1.82, 2.24) is 4.90 Å². The maximum Gasteiger partial charge on any atom is 0.354 e. The van der Waals surface area contributed by atoms with E-state index in [0.717, 1.165) is 16.7 Å². The van der Waals surface area contributed by atoms with E-state index in [9.17, 15) is 19.5 Å². The molecule has 2 amide bonds. The van der Waals surface area contributed by atoms with E-state index in [1.807, 2.05) is 0 Å². The standard InChI is InChI=1S/C10H12N2O5S2/c1-3(13)5-7(15)12-6(9(16)17)10(19-8(5)12)18-2-4(11)14/h3,5,8,13H,2H2,1H3,(H2,11,14)(H,16,17)/t3?,5-,8+/m0/s1. The van der Waals surface area contributed by atoms with E-state index >= 15 is 0 Å². The van der Waals surface area contributed by atoms with Gasteiger partial charge in [-0.3, -0.25) is 14.5 Å². The lowest BCUT2D eigenvalue weighted by Gasteiger charge is -2.43. The molecule has 0 aromatic rings. The van der Waals surface area contributed by atoms with Gasteiger partial charge in [0.05, 0.1) is 22.0 Å². The molecule has 0 bridgehead atoms. The Morgan fingerprint density at radius 2 is 2.21 bits per heavy atom. The summed E-state index contributed by atoms with van der Waals surface area (Å²) in [5, 5.41) is 18.3. The number of amides is 2. The van der Waals surface area contributed by atoms with E-state index < -0.39 is 35.2 Å². The van der Waals surface area contributed by atoms with Crippen LogP contribution in [0.2, 0.25) is 0 Å². The molecule has 3 atom stereocenters. The quantitative estimate of drug-likeness (QED) is 0.578. The van der Waals surface area contributed by atoms with E-state index in [2.05, 4.69) is 0 Å². The van der Waals surface area contributed by atoms with Gasteiger partial charge in [0.2, 0.25) is 11.8 Å². The first-order valence-corrected chi connectivity index (χ1v) is 7.27. The molecule has 9 heteroatoms. The number of aliphatic hydroxyl groups excluding tert-OH is 1. The van der Waals surface area contributed by atoms with Gasteiger partial charge in [-0.05, 0) is 6.92 Å². The highest BCUT2D eigenvalue weighted by atomic mass is 32.2. The van der Waals surface area contributed by atoms with Gasteiger partial charge in [0.15, 0.2) is 5.70 Å². The Morgan fingerprint density at radius 3 is 2.68 bits per heavy atom. The summed E-state index contributed by atoms with van der Waals surface area (Å²) in [6.45, 7) is 1.50. The number of β-lactam (4-membered cyclic amide) rings is 1. The number of rotatable bonds is 5. The van der Waals surface area contributed by atoms with Crippen LogP contribution in [-0.4, -0.2) is 50.1 Å². The number of carboxylic acid groups (broad SMARTS) is 1. The van der Waals surface area contributed by atoms with Crippen LogP contribution in [0.3, 0.4) is 0 Å². The normalized spacial score (nSPS) is 27.1. The molecule has 104 valence electrons. The Balaban J connectivity index is 2.21. The van der Waals surface area contributed by atoms with Crippen LogP contribution in [0, 0.1) is 5.92 Å². The average Bonchev–Trinajstić information content (AvgIpc) is 2.60. The number of nitrogens with two attached hydrogens (primary N) is 1. The second kappa shape index (κ2) is 5.06. The summed E-state index contributed by atoms with van der Waals surface area (Å²) in [5.41, 5.74) is 4.90. The lowest BCUT2D eigenvalue weighted by molar-refractivity contribution is -0.156. The molecule has 19 heavy (non-hydrogen) atoms. The lowest BCUT2D eigenvalue weighted by atomic mass is 9.92. The van der Waals surface area contributed by atoms with Crippen molar-refractivity contribution in [2.75, 3.05) is 5.75 Å². The number of hydrogen-bond acceptors (Lipinski definition) is 6. The van der Waals surface area contributed by atoms with Crippen molar-refractivity contribution in [3.05, 3.63) is 9.93 Å². The van der Waals surface area contributed by atoms with Crippen molar-refractivity contribution < 1.29 is 24.6 Å². The Kier molecular flexibility index (Phi) is 3.79. The van der Waals surface area contributed by atoms with Crippen LogP contribution in [0.25, 0.3) is 0 Å². The molecule has 0 radical (unpaired) electrons. The van der Waals surface area contributed by atoms with Gasteiger partial charge in [-0.15, -0.1) is 11.8 Å². The first-order chi connectivity index (χ1) is 8.84. The molecule has 1 saturated heterocycles. The average molecular weight is 304 g/mol. The van der Waals surface area contributed by atoms with Crippen molar-refractivity contribution >= 4 is 41.3 Å². The monoisotopic (exact) mass is 304 g/mol. The molecule has 2 aliphatic rings. The lowest BCUT2D eigenvalue weighted by Crippen LogP contribution is -2.60. The number of carboxylic acids is 1. The molecule has 7 nitrogen and oxygen atoms in total. The molecule has 0 spiro atoms. The third-order valence-electron chi connectivity index (χ3n) is 2.81. The topological polar surface area (TPSA) is 121 Å². The Labute approximate surface area is 117 Å². The zero-order valence-corrected chi connectivity index (χ0v) is 11.5. The zero-order chi connectivity index (χ0) is 14.3. The summed E-state index contributed by atoms with van der Waals surface area (Å²) in [4.78, 5) is 35.0. The summed E-state index contributed by atoms with van der Waals surface area (Å²) in [6.07, 6.45) is -0.836. The predicted octanol–water partition coefficient (Wildman–Crippen LogP) is -0.629. The first-order valence-electron chi connectivity index (χ1n) is 5.41. The van der Waals surface area contributed by atoms with Crippen LogP contribution in [-0.2, 0) is 14.4 Å². The summed E-state index contributed by atoms with van der Waals surface area (Å²) in [7, 11) is 0. The molecule has 2 heterocycles. The molecule has 4 N–H and O–H groups in total. The van der Waals surface area contributed by atoms with Crippen molar-refractivity contribution in [2.45, 2.75) is 18.4 Å². The Morgan fingerprint density at radius 1 is 1.58 bits per heavy atom. The van der Waals surface area contributed by atoms with Gasteiger partial charge in [-0.1, -0.05) is 11.8 Å². The smallest absolute Gasteiger partial charge is 0.354 e. The van der Waals surface area contributed by atoms with Crippen LogP contribution in [0.5, 0.6) is 0 Å². The molecule has 2 aliphatic heterocycles. The summed E-state index contributed by atoms with van der Waals surface area (Å²) in [6, 6.07) is 0. The maximum atomic E-state index is 11.8. The molecule has 0 saturated carbocycles. The van der Waals surface area contributed by atoms with Gasteiger partial charge in [0.1, 0.15) is 5.37 Å². The van der Waals surface area contributed by atoms with Gasteiger partial charge >= 0.3 is 5.97 Å². The summed E-state index contributed by atoms with van der Waals surface area (Å²) >= 11 is 2.18. The SMILES string of the molecule is CC(O)[C@H]1C(=O)N2C(C(=O)O)=C(SCC(N)=O)S[C@H]12. The Hall–Kier alpha value is -1.19. The van der Waals surface area contributed by atoms with Crippen molar-refractivity contribution in [3.63, 3.8) is 0 Å². The third-order valence-corrected chi connectivity index (χ3v) is 5.49. The number of hydrogen-bond donors (Lipinski definition) is 3. The fourth-order valence-electron chi connectivity index (χ4n) is 1.99. The zero-order valence-electron chi connectivity index (χ0n) is 9.90. The number of aliphatic carboxylic acids is 1. The van der Waals surface area contributed by atoms with E-state index in [-0.39, 0.29) is 11.4 Å². The molecule has 1 unspecified atom stereocenters. The molecule has 2 rings (SSSR count). The first kappa shape index (κ1) is 14.2. The summed E-state index contributed by atoms with van der Waals surface area (Å²) < 4.78 is 0.382. The van der Waals surface area contributed by atoms with Crippen molar-refractivity contribution in [3.8, 4) is 0 Å². The van der Waals surface area contributed by atoms with Crippen LogP contribution >= 0.6 is 23.5 Å². The molecule has 1 fully saturated rings. The molecule has 0 aromatic carbocycles. The molecule has 0 aliphatic carbocycles. The molecule has 0 aromatic heterocycles. The summed E-state index contributed by atoms with van der Waals surface area (Å²) in [5.74, 6) is -2.84. The van der Waals surface area contributed by atoms with Crippen LogP contribution in [0.1, 0.15) is 6.92 Å². The highest BCUT2D eigenvalue weighted by Gasteiger charge is 2.57. The minimum atomic E-state index is -1.22. The highest BCUT2D eigenvalue weighted by Crippen LogP contribution is 2.53. The Bertz CT molecular complexity index is 490. The fourth-order valence-corrected chi connectivity index (χ4v) is 4.65. The third kappa shape index (κ3) is 2.33. The number of thioether (sulfide) groups is 2. The van der Waals surface area contributed by atoms with E-state index in [1.165, 1.54) is 18.7 Å². The van der Waals surface area contributed by atoms with Crippen molar-refractivity contribution in [2.24, 2.45) is 11.7 Å². The minimum Gasteiger partial charge on any atom is -0.477 e. The number of aliphatic hydroxyl groups is 1. The van der Waals surface area contributed by atoms with Gasteiger partial charge in [-0.2, -0.15) is 0 Å². The second-order valence-electron chi connectivity index (χ2n) is 4.18. The molecular formula is C10H12N2O5S2. The van der Waals surface area contributed by atoms with Gasteiger partial charge < -0.3 is 15.9 Å². The number of fused-ring (bicyclic) bond motifs is 1. The largest absolute Gasteiger partial charge is 0.477 e. The van der Waals surface area contributed by atoms with E-state index in [4.69, 9.17) is 10.8 Å². The maximum absolute atomic E-state index is 11.8. The van der Waals surface area contributed by atoms with Gasteiger partial charge in [0.25, 0.3) is 0 Å². The van der Waals surface area contributed by atoms with Crippen LogP contribution < -0.4 is 5.73 Å². The van der Waals surface area contributed by atoms with Crippen LogP contribution in [0.15, 0.2) is 9.93 Å². The number of carbonyl (C=O) groups excluding carboxylic acids is 2. The number of primary amides is 1. The minimum absolute atomic E-state index is 0.0484. The fraction of sp³-hybridized carbons (Fsp3) is 0.500. The number of nitrogens with zero attached hydrogens (tertiary/aromatic N) is 1. The molecular weight excluding hydrogens is 292 g/mol. The van der Waals surface area contributed by atoms with Gasteiger partial charge in [-0.25, -0.2) is 4.79 Å². The highest BCUT2D eigenvalue weighted by molar-refractivity contribution is 8.23. The van der Waals surface area contributed by atoms with Gasteiger partial charge in [0, 0.05) is 0 Å². The second-order valence-corrected chi connectivity index (χ2v) is 6.55. The van der Waals surface area contributed by atoms with Crippen LogP contribution in [0.4, 0.5) is 0 Å².